The third-order valence-electron chi connectivity index (χ3n) is 6.88. The van der Waals surface area contributed by atoms with Gasteiger partial charge in [-0.25, -0.2) is 0 Å². The van der Waals surface area contributed by atoms with Gasteiger partial charge in [-0.3, -0.25) is 9.74 Å². The Morgan fingerprint density at radius 3 is 2.50 bits per heavy atom. The zero-order valence-corrected chi connectivity index (χ0v) is 18.2. The zero-order chi connectivity index (χ0) is 22.7. The topological polar surface area (TPSA) is 105 Å². The van der Waals surface area contributed by atoms with Crippen LogP contribution in [0.25, 0.3) is 0 Å². The number of ether oxygens (including phenoxy) is 1. The number of hydrogen-bond acceptors (Lipinski definition) is 7. The van der Waals surface area contributed by atoms with Crippen LogP contribution < -0.4 is 4.74 Å². The number of piperidine rings is 2. The third kappa shape index (κ3) is 4.05. The summed E-state index contributed by atoms with van der Waals surface area (Å²) in [7, 11) is 0. The molecule has 8 nitrogen and oxygen atoms in total. The van der Waals surface area contributed by atoms with E-state index < -0.39 is 28.9 Å². The molecule has 0 spiro atoms. The third-order valence-corrected chi connectivity index (χ3v) is 6.88. The van der Waals surface area contributed by atoms with Gasteiger partial charge in [0.05, 0.1) is 17.6 Å². The van der Waals surface area contributed by atoms with Crippen molar-refractivity contribution in [2.24, 2.45) is 0 Å². The SMILES string of the molecule is CCCC1N2CCC(O)C1(c1ccc(OCc3ccccc3)cc1)C(O)CC2O[N+](=O)[O-]. The van der Waals surface area contributed by atoms with Crippen LogP contribution in [0.4, 0.5) is 0 Å². The Morgan fingerprint density at radius 1 is 1.12 bits per heavy atom. The first-order chi connectivity index (χ1) is 15.5. The summed E-state index contributed by atoms with van der Waals surface area (Å²) in [5.74, 6) is 0.697. The molecular weight excluding hydrogens is 412 g/mol. The lowest BCUT2D eigenvalue weighted by molar-refractivity contribution is -0.776. The molecule has 2 aliphatic heterocycles. The van der Waals surface area contributed by atoms with E-state index in [4.69, 9.17) is 9.57 Å². The highest BCUT2D eigenvalue weighted by atomic mass is 17.0. The number of aliphatic hydroxyl groups is 2. The van der Waals surface area contributed by atoms with E-state index in [2.05, 4.69) is 0 Å². The maximum absolute atomic E-state index is 11.3. The van der Waals surface area contributed by atoms with Crippen LogP contribution in [0.1, 0.15) is 43.7 Å². The average molecular weight is 443 g/mol. The molecule has 2 heterocycles. The van der Waals surface area contributed by atoms with Gasteiger partial charge in [-0.1, -0.05) is 55.8 Å². The van der Waals surface area contributed by atoms with Gasteiger partial charge in [-0.05, 0) is 36.1 Å². The van der Waals surface area contributed by atoms with Gasteiger partial charge >= 0.3 is 0 Å². The standard InChI is InChI=1S/C24H30N2O6/c1-2-6-20-24(21(27)13-14-25(20)23(15-22(24)28)32-26(29)30)18-9-11-19(12-10-18)31-16-17-7-4-3-5-8-17/h3-5,7-12,20-23,27-28H,2,6,13-16H2,1H3. The van der Waals surface area contributed by atoms with E-state index in [1.54, 1.807) is 0 Å². The van der Waals surface area contributed by atoms with Gasteiger partial charge in [0, 0.05) is 19.0 Å². The number of aliphatic hydroxyl groups excluding tert-OH is 2. The maximum atomic E-state index is 11.3. The van der Waals surface area contributed by atoms with Crippen LogP contribution in [0.2, 0.25) is 0 Å². The second-order valence-corrected chi connectivity index (χ2v) is 8.61. The predicted molar refractivity (Wildman–Crippen MR) is 117 cm³/mol. The fourth-order valence-electron chi connectivity index (χ4n) is 5.51. The number of benzene rings is 2. The number of fused-ring (bicyclic) bond motifs is 2. The minimum absolute atomic E-state index is 0.0600. The molecule has 0 aliphatic carbocycles. The average Bonchev–Trinajstić information content (AvgIpc) is 2.78. The summed E-state index contributed by atoms with van der Waals surface area (Å²) in [5.41, 5.74) is 0.936. The fourth-order valence-corrected chi connectivity index (χ4v) is 5.51. The van der Waals surface area contributed by atoms with Gasteiger partial charge in [-0.2, -0.15) is 0 Å². The molecule has 2 bridgehead atoms. The van der Waals surface area contributed by atoms with E-state index in [1.807, 2.05) is 66.4 Å². The molecule has 32 heavy (non-hydrogen) atoms. The molecule has 0 saturated carbocycles. The van der Waals surface area contributed by atoms with Gasteiger partial charge in [0.2, 0.25) is 0 Å². The summed E-state index contributed by atoms with van der Waals surface area (Å²) in [6.45, 7) is 2.96. The van der Waals surface area contributed by atoms with Crippen LogP contribution in [0.5, 0.6) is 5.75 Å². The Balaban J connectivity index is 1.62. The smallest absolute Gasteiger partial charge is 0.296 e. The lowest BCUT2D eigenvalue weighted by atomic mass is 9.59. The van der Waals surface area contributed by atoms with E-state index >= 15 is 0 Å². The normalized spacial score (nSPS) is 31.7. The molecule has 6 unspecified atom stereocenters. The summed E-state index contributed by atoms with van der Waals surface area (Å²) in [6, 6.07) is 17.1. The molecule has 2 aromatic rings. The first-order valence-electron chi connectivity index (χ1n) is 11.2. The lowest BCUT2D eigenvalue weighted by Crippen LogP contribution is -2.73. The van der Waals surface area contributed by atoms with Crippen molar-refractivity contribution in [1.82, 2.24) is 4.90 Å². The molecule has 2 saturated heterocycles. The van der Waals surface area contributed by atoms with Crippen LogP contribution in [0.15, 0.2) is 54.6 Å². The number of hydrogen-bond donors (Lipinski definition) is 2. The number of rotatable bonds is 8. The molecule has 0 radical (unpaired) electrons. The van der Waals surface area contributed by atoms with E-state index in [0.717, 1.165) is 17.5 Å². The van der Waals surface area contributed by atoms with Crippen molar-refractivity contribution in [3.63, 3.8) is 0 Å². The molecule has 0 amide bonds. The van der Waals surface area contributed by atoms with Crippen molar-refractivity contribution in [1.29, 1.82) is 0 Å². The summed E-state index contributed by atoms with van der Waals surface area (Å²) in [5, 5.41) is 32.7. The van der Waals surface area contributed by atoms with E-state index in [9.17, 15) is 20.3 Å². The molecule has 2 aromatic carbocycles. The molecule has 0 aromatic heterocycles. The van der Waals surface area contributed by atoms with Crippen molar-refractivity contribution in [2.75, 3.05) is 6.54 Å². The summed E-state index contributed by atoms with van der Waals surface area (Å²) < 4.78 is 5.89. The minimum Gasteiger partial charge on any atom is -0.489 e. The quantitative estimate of drug-likeness (QED) is 0.478. The van der Waals surface area contributed by atoms with Crippen molar-refractivity contribution >= 4 is 0 Å². The van der Waals surface area contributed by atoms with Gasteiger partial charge in [0.25, 0.3) is 5.09 Å². The van der Waals surface area contributed by atoms with Crippen molar-refractivity contribution in [3.05, 3.63) is 75.8 Å². The molecule has 2 N–H and O–H groups in total. The van der Waals surface area contributed by atoms with Crippen molar-refractivity contribution in [2.45, 2.75) is 69.1 Å². The van der Waals surface area contributed by atoms with Gasteiger partial charge < -0.3 is 14.9 Å². The van der Waals surface area contributed by atoms with Crippen LogP contribution in [-0.2, 0) is 16.9 Å². The minimum atomic E-state index is -0.980. The molecule has 172 valence electrons. The highest BCUT2D eigenvalue weighted by molar-refractivity contribution is 5.38. The Labute approximate surface area is 187 Å². The van der Waals surface area contributed by atoms with E-state index in [0.29, 0.717) is 31.7 Å². The Bertz CT molecular complexity index is 908. The van der Waals surface area contributed by atoms with Gasteiger partial charge in [-0.15, -0.1) is 10.1 Å². The zero-order valence-electron chi connectivity index (χ0n) is 18.2. The summed E-state index contributed by atoms with van der Waals surface area (Å²) >= 11 is 0. The van der Waals surface area contributed by atoms with E-state index in [1.165, 1.54) is 0 Å². The van der Waals surface area contributed by atoms with Gasteiger partial charge in [0.1, 0.15) is 12.4 Å². The Hall–Kier alpha value is -2.68. The monoisotopic (exact) mass is 442 g/mol. The largest absolute Gasteiger partial charge is 0.489 e. The fraction of sp³-hybridized carbons (Fsp3) is 0.500. The molecule has 2 fully saturated rings. The predicted octanol–water partition coefficient (Wildman–Crippen LogP) is 3.04. The first-order valence-corrected chi connectivity index (χ1v) is 11.2. The van der Waals surface area contributed by atoms with Crippen LogP contribution >= 0.6 is 0 Å². The van der Waals surface area contributed by atoms with Crippen LogP contribution in [0, 0.1) is 10.1 Å². The van der Waals surface area contributed by atoms with Crippen LogP contribution in [0.3, 0.4) is 0 Å². The Morgan fingerprint density at radius 2 is 1.84 bits per heavy atom. The van der Waals surface area contributed by atoms with Crippen LogP contribution in [-0.4, -0.2) is 51.2 Å². The summed E-state index contributed by atoms with van der Waals surface area (Å²) in [4.78, 5) is 17.9. The molecule has 8 heteroatoms. The Kier molecular flexibility index (Phi) is 6.64. The molecule has 2 aliphatic rings. The van der Waals surface area contributed by atoms with E-state index in [-0.39, 0.29) is 12.5 Å². The maximum Gasteiger partial charge on any atom is 0.296 e. The van der Waals surface area contributed by atoms with Gasteiger partial charge in [0.15, 0.2) is 6.23 Å². The summed E-state index contributed by atoms with van der Waals surface area (Å²) in [6.07, 6.45) is -0.606. The number of nitrogens with zero attached hydrogens (tertiary/aromatic N) is 2. The highest BCUT2D eigenvalue weighted by Gasteiger charge is 2.60. The molecular formula is C24H30N2O6. The molecule has 6 atom stereocenters. The first kappa shape index (κ1) is 22.5. The van der Waals surface area contributed by atoms with Crippen molar-refractivity contribution in [3.8, 4) is 5.75 Å². The molecule has 4 rings (SSSR count). The second-order valence-electron chi connectivity index (χ2n) is 8.61. The second kappa shape index (κ2) is 9.44. The lowest BCUT2D eigenvalue weighted by Gasteiger charge is -2.60. The van der Waals surface area contributed by atoms with Crippen molar-refractivity contribution < 1.29 is 24.9 Å². The highest BCUT2D eigenvalue weighted by Crippen LogP contribution is 2.50.